The fraction of sp³-hybridized carbons (Fsp3) is 0.404. The topological polar surface area (TPSA) is 183 Å². The molecule has 4 aromatic carbocycles. The number of aliphatic hydroxyl groups is 1. The Hall–Kier alpha value is -5.48. The van der Waals surface area contributed by atoms with Crippen molar-refractivity contribution in [3.63, 3.8) is 0 Å². The van der Waals surface area contributed by atoms with Crippen molar-refractivity contribution in [2.45, 2.75) is 76.2 Å². The normalized spacial score (nSPS) is 20.7. The summed E-state index contributed by atoms with van der Waals surface area (Å²) < 4.78 is 36.0. The van der Waals surface area contributed by atoms with Gasteiger partial charge in [0.1, 0.15) is 17.2 Å². The highest BCUT2D eigenvalue weighted by molar-refractivity contribution is 7.90. The summed E-state index contributed by atoms with van der Waals surface area (Å²) in [4.78, 5) is 29.8. The highest BCUT2D eigenvalue weighted by Crippen LogP contribution is 2.44. The number of hydrogen-bond donors (Lipinski definition) is 4. The average molecular weight is 897 g/mol. The number of benzene rings is 4. The number of nitrogens with zero attached hydrogens (tertiary/aromatic N) is 4. The summed E-state index contributed by atoms with van der Waals surface area (Å²) in [5, 5.41) is 34.0. The van der Waals surface area contributed by atoms with Crippen LogP contribution in [0.5, 0.6) is 11.5 Å². The zero-order chi connectivity index (χ0) is 44.5. The minimum Gasteiger partial charge on any atom is -0.456 e. The lowest BCUT2D eigenvalue weighted by Crippen LogP contribution is -2.47. The summed E-state index contributed by atoms with van der Waals surface area (Å²) in [5.74, 6) is -0.210. The number of sulfonamides is 1. The van der Waals surface area contributed by atoms with E-state index in [0.717, 1.165) is 87.1 Å². The standard InChI is InChI=1S/C47H54ClN7O7S/c1-46(2)18-17-33(38(27-46)32-7-9-34(48)10-8-32)30-53-21-23-54(24-22-53)35-11-13-37(44(25-35)62-43-6-4-5-40-39(43)29-50-51-40)45(56)52-63(60,61)36-12-14-41(42(26-36)55(58)59)49-28-31-15-19-47(3,57)20-16-31/h4-14,25-26,29,31,49,57H,15-24,27-28,30H2,1-3H3,(H,50,51)(H,52,56). The Bertz CT molecular complexity index is 2650. The van der Waals surface area contributed by atoms with E-state index in [-0.39, 0.29) is 28.3 Å². The molecule has 63 heavy (non-hydrogen) atoms. The van der Waals surface area contributed by atoms with Crippen LogP contribution in [0.1, 0.15) is 81.6 Å². The van der Waals surface area contributed by atoms with Crippen molar-refractivity contribution in [3.8, 4) is 11.5 Å². The van der Waals surface area contributed by atoms with Crippen molar-refractivity contribution in [3.05, 3.63) is 117 Å². The van der Waals surface area contributed by atoms with Crippen molar-refractivity contribution in [1.29, 1.82) is 0 Å². The molecule has 14 nitrogen and oxygen atoms in total. The summed E-state index contributed by atoms with van der Waals surface area (Å²) in [5.41, 5.74) is 4.83. The van der Waals surface area contributed by atoms with Crippen LogP contribution in [0.25, 0.3) is 16.5 Å². The lowest BCUT2D eigenvalue weighted by molar-refractivity contribution is -0.384. The molecule has 0 bridgehead atoms. The molecule has 332 valence electrons. The van der Waals surface area contributed by atoms with Gasteiger partial charge >= 0.3 is 0 Å². The van der Waals surface area contributed by atoms with Gasteiger partial charge in [0.2, 0.25) is 0 Å². The minimum atomic E-state index is -4.58. The maximum Gasteiger partial charge on any atom is 0.293 e. The number of nitro benzene ring substituents is 1. The van der Waals surface area contributed by atoms with Crippen molar-refractivity contribution < 1.29 is 28.0 Å². The van der Waals surface area contributed by atoms with E-state index in [4.69, 9.17) is 16.3 Å². The zero-order valence-corrected chi connectivity index (χ0v) is 37.4. The smallest absolute Gasteiger partial charge is 0.293 e. The monoisotopic (exact) mass is 895 g/mol. The molecule has 5 aromatic rings. The summed E-state index contributed by atoms with van der Waals surface area (Å²) in [6.45, 7) is 10.9. The molecule has 4 N–H and O–H groups in total. The third-order valence-electron chi connectivity index (χ3n) is 12.9. The van der Waals surface area contributed by atoms with Crippen molar-refractivity contribution in [2.75, 3.05) is 49.5 Å². The van der Waals surface area contributed by atoms with E-state index < -0.39 is 37.0 Å². The van der Waals surface area contributed by atoms with E-state index in [1.165, 1.54) is 28.8 Å². The SMILES string of the molecule is CC1(C)CCC(CN2CCN(c3ccc(C(=O)NS(=O)(=O)c4ccc(NCC5CCC(C)(O)CC5)c([N+](=O)[O-])c4)c(Oc4cccc5[nH]ncc45)c3)CC2)=C(c2ccc(Cl)cc2)C1. The zero-order valence-electron chi connectivity index (χ0n) is 35.8. The number of rotatable bonds is 13. The van der Waals surface area contributed by atoms with E-state index in [9.17, 15) is 28.4 Å². The van der Waals surface area contributed by atoms with Gasteiger partial charge < -0.3 is 20.1 Å². The Morgan fingerprint density at radius 1 is 0.984 bits per heavy atom. The minimum absolute atomic E-state index is 0.0393. The molecule has 1 aliphatic heterocycles. The number of allylic oxidation sites excluding steroid dienone is 1. The first-order valence-electron chi connectivity index (χ1n) is 21.5. The Balaban J connectivity index is 1.00. The Morgan fingerprint density at radius 3 is 2.46 bits per heavy atom. The number of halogens is 1. The number of ether oxygens (including phenoxy) is 1. The molecule has 16 heteroatoms. The fourth-order valence-corrected chi connectivity index (χ4v) is 10.1. The predicted molar refractivity (Wildman–Crippen MR) is 246 cm³/mol. The van der Waals surface area contributed by atoms with Gasteiger partial charge in [-0.25, -0.2) is 13.1 Å². The first-order valence-corrected chi connectivity index (χ1v) is 23.4. The van der Waals surface area contributed by atoms with Gasteiger partial charge in [0.25, 0.3) is 21.6 Å². The molecule has 2 heterocycles. The van der Waals surface area contributed by atoms with Gasteiger partial charge in [0, 0.05) is 62.1 Å². The van der Waals surface area contributed by atoms with Crippen LogP contribution in [-0.2, 0) is 10.0 Å². The van der Waals surface area contributed by atoms with E-state index in [2.05, 4.69) is 56.0 Å². The number of fused-ring (bicyclic) bond motifs is 1. The van der Waals surface area contributed by atoms with Crippen LogP contribution in [-0.4, -0.2) is 84.3 Å². The maximum atomic E-state index is 14.0. The molecule has 0 unspecified atom stereocenters. The van der Waals surface area contributed by atoms with Gasteiger partial charge in [-0.3, -0.25) is 24.9 Å². The third kappa shape index (κ3) is 10.3. The lowest BCUT2D eigenvalue weighted by atomic mass is 9.72. The number of piperazine rings is 1. The average Bonchev–Trinajstić information content (AvgIpc) is 3.74. The molecule has 8 rings (SSSR count). The second-order valence-electron chi connectivity index (χ2n) is 18.3. The quantitative estimate of drug-likeness (QED) is 0.0653. The van der Waals surface area contributed by atoms with Crippen LogP contribution < -0.4 is 19.7 Å². The van der Waals surface area contributed by atoms with Crippen molar-refractivity contribution >= 4 is 61.1 Å². The molecule has 2 fully saturated rings. The highest BCUT2D eigenvalue weighted by atomic mass is 35.5. The molecule has 1 aromatic heterocycles. The first-order chi connectivity index (χ1) is 30.0. The molecule has 1 saturated carbocycles. The largest absolute Gasteiger partial charge is 0.456 e. The number of aromatic nitrogens is 2. The molecule has 0 atom stereocenters. The number of nitrogens with one attached hydrogen (secondary N) is 3. The molecule has 0 spiro atoms. The van der Waals surface area contributed by atoms with Crippen LogP contribution in [0.15, 0.2) is 95.5 Å². The predicted octanol–water partition coefficient (Wildman–Crippen LogP) is 9.17. The van der Waals surface area contributed by atoms with E-state index in [1.54, 1.807) is 36.5 Å². The number of H-pyrrole nitrogens is 1. The van der Waals surface area contributed by atoms with E-state index in [0.29, 0.717) is 30.5 Å². The summed E-state index contributed by atoms with van der Waals surface area (Å²) >= 11 is 6.24. The molecule has 0 radical (unpaired) electrons. The number of amides is 1. The second kappa shape index (κ2) is 17.9. The molecule has 1 amide bonds. The van der Waals surface area contributed by atoms with Gasteiger partial charge in [0.15, 0.2) is 0 Å². The van der Waals surface area contributed by atoms with Crippen molar-refractivity contribution in [2.24, 2.45) is 11.3 Å². The molecular weight excluding hydrogens is 842 g/mol. The van der Waals surface area contributed by atoms with Crippen molar-refractivity contribution in [1.82, 2.24) is 19.8 Å². The molecule has 2 aliphatic carbocycles. The number of aromatic amines is 1. The Morgan fingerprint density at radius 2 is 1.73 bits per heavy atom. The van der Waals surface area contributed by atoms with Gasteiger partial charge in [0.05, 0.1) is 38.1 Å². The van der Waals surface area contributed by atoms with E-state index >= 15 is 0 Å². The first kappa shape index (κ1) is 44.1. The van der Waals surface area contributed by atoms with E-state index in [1.807, 2.05) is 25.1 Å². The van der Waals surface area contributed by atoms with Gasteiger partial charge in [-0.05, 0) is 123 Å². The van der Waals surface area contributed by atoms with Gasteiger partial charge in [-0.15, -0.1) is 0 Å². The summed E-state index contributed by atoms with van der Waals surface area (Å²) in [6.07, 6.45) is 7.59. The summed E-state index contributed by atoms with van der Waals surface area (Å²) in [7, 11) is -4.58. The Kier molecular flexibility index (Phi) is 12.6. The van der Waals surface area contributed by atoms with Crippen LogP contribution in [0.3, 0.4) is 0 Å². The van der Waals surface area contributed by atoms with Gasteiger partial charge in [-0.2, -0.15) is 5.10 Å². The van der Waals surface area contributed by atoms with Crippen LogP contribution >= 0.6 is 11.6 Å². The van der Waals surface area contributed by atoms with Crippen LogP contribution in [0.2, 0.25) is 5.02 Å². The maximum absolute atomic E-state index is 14.0. The highest BCUT2D eigenvalue weighted by Gasteiger charge is 2.32. The number of hydrogen-bond acceptors (Lipinski definition) is 11. The second-order valence-corrected chi connectivity index (χ2v) is 20.4. The number of carbonyl (C=O) groups excluding carboxylic acids is 1. The third-order valence-corrected chi connectivity index (χ3v) is 14.5. The number of nitro groups is 1. The summed E-state index contributed by atoms with van der Waals surface area (Å²) in [6, 6.07) is 22.1. The lowest BCUT2D eigenvalue weighted by Gasteiger charge is -2.39. The van der Waals surface area contributed by atoms with Crippen LogP contribution in [0.4, 0.5) is 17.1 Å². The molecule has 3 aliphatic rings. The number of anilines is 2. The fourth-order valence-electron chi connectivity index (χ4n) is 9.00. The van der Waals surface area contributed by atoms with Crippen LogP contribution in [0, 0.1) is 21.4 Å². The Labute approximate surface area is 372 Å². The number of carbonyl (C=O) groups is 1. The molecular formula is C47H54ClN7O7S. The van der Waals surface area contributed by atoms with Gasteiger partial charge in [-0.1, -0.05) is 49.2 Å². The molecule has 1 saturated heterocycles.